The van der Waals surface area contributed by atoms with Crippen molar-refractivity contribution in [2.24, 2.45) is 0 Å². The van der Waals surface area contributed by atoms with Gasteiger partial charge in [-0.2, -0.15) is 9.36 Å². The molecule has 0 saturated heterocycles. The Morgan fingerprint density at radius 3 is 2.71 bits per heavy atom. The van der Waals surface area contributed by atoms with Gasteiger partial charge in [0.05, 0.1) is 7.11 Å². The van der Waals surface area contributed by atoms with Gasteiger partial charge in [-0.3, -0.25) is 4.79 Å². The van der Waals surface area contributed by atoms with Gasteiger partial charge >= 0.3 is 0 Å². The van der Waals surface area contributed by atoms with Gasteiger partial charge in [-0.25, -0.2) is 4.39 Å². The lowest BCUT2D eigenvalue weighted by atomic mass is 10.1. The Bertz CT molecular complexity index is 987. The molecule has 0 unspecified atom stereocenters. The molecule has 1 saturated carbocycles. The minimum absolute atomic E-state index is 0.135. The summed E-state index contributed by atoms with van der Waals surface area (Å²) in [5.74, 6) is 1.06. The first-order chi connectivity index (χ1) is 13.6. The number of hydrogen-bond acceptors (Lipinski definition) is 6. The van der Waals surface area contributed by atoms with Gasteiger partial charge in [0.2, 0.25) is 0 Å². The van der Waals surface area contributed by atoms with Crippen molar-refractivity contribution >= 4 is 17.4 Å². The van der Waals surface area contributed by atoms with Crippen LogP contribution in [0.5, 0.6) is 16.7 Å². The largest absolute Gasteiger partial charge is 0.493 e. The predicted octanol–water partition coefficient (Wildman–Crippen LogP) is 3.96. The average Bonchev–Trinajstić information content (AvgIpc) is 3.41. The summed E-state index contributed by atoms with van der Waals surface area (Å²) in [4.78, 5) is 16.6. The van der Waals surface area contributed by atoms with E-state index in [0.29, 0.717) is 34.5 Å². The molecule has 144 valence electrons. The first-order valence-corrected chi connectivity index (χ1v) is 9.62. The summed E-state index contributed by atoms with van der Waals surface area (Å²) in [6.45, 7) is 0. The summed E-state index contributed by atoms with van der Waals surface area (Å²) in [5.41, 5.74) is 1.40. The number of ether oxygens (including phenoxy) is 2. The number of nitrogens with one attached hydrogen (secondary N) is 1. The van der Waals surface area contributed by atoms with Crippen LogP contribution >= 0.6 is 11.5 Å². The van der Waals surface area contributed by atoms with Crippen LogP contribution < -0.4 is 14.8 Å². The molecule has 1 fully saturated rings. The van der Waals surface area contributed by atoms with Crippen LogP contribution in [-0.4, -0.2) is 28.4 Å². The molecule has 2 aromatic carbocycles. The summed E-state index contributed by atoms with van der Waals surface area (Å²) >= 11 is 1.11. The molecule has 0 atom stereocenters. The van der Waals surface area contributed by atoms with E-state index in [1.165, 1.54) is 19.2 Å². The van der Waals surface area contributed by atoms with Gasteiger partial charge in [0.15, 0.2) is 17.3 Å². The second-order valence-corrected chi connectivity index (χ2v) is 7.21. The molecule has 1 amide bonds. The summed E-state index contributed by atoms with van der Waals surface area (Å²) < 4.78 is 28.5. The summed E-state index contributed by atoms with van der Waals surface area (Å²) in [7, 11) is 1.53. The van der Waals surface area contributed by atoms with E-state index in [-0.39, 0.29) is 17.8 Å². The molecule has 1 heterocycles. The van der Waals surface area contributed by atoms with Crippen LogP contribution in [0.25, 0.3) is 0 Å². The lowest BCUT2D eigenvalue weighted by Gasteiger charge is -2.10. The molecule has 4 rings (SSSR count). The van der Waals surface area contributed by atoms with Crippen molar-refractivity contribution in [2.75, 3.05) is 7.11 Å². The van der Waals surface area contributed by atoms with Crippen LogP contribution in [0.15, 0.2) is 42.5 Å². The van der Waals surface area contributed by atoms with Crippen LogP contribution in [0, 0.1) is 5.82 Å². The SMILES string of the molecule is COc1ccc(C(=O)NC2CC2)cc1Oc1nc(Cc2ccc(F)cc2)ns1. The third-order valence-corrected chi connectivity index (χ3v) is 4.89. The molecule has 1 N–H and O–H groups in total. The Hall–Kier alpha value is -3.00. The van der Waals surface area contributed by atoms with Crippen LogP contribution in [0.3, 0.4) is 0 Å². The second kappa shape index (κ2) is 7.93. The fourth-order valence-corrected chi connectivity index (χ4v) is 3.19. The van der Waals surface area contributed by atoms with Gasteiger partial charge in [-0.15, -0.1) is 0 Å². The third-order valence-electron chi connectivity index (χ3n) is 4.26. The van der Waals surface area contributed by atoms with Gasteiger partial charge in [0.1, 0.15) is 5.82 Å². The highest BCUT2D eigenvalue weighted by Crippen LogP contribution is 2.33. The van der Waals surface area contributed by atoms with Gasteiger partial charge in [-0.1, -0.05) is 12.1 Å². The quantitative estimate of drug-likeness (QED) is 0.651. The first-order valence-electron chi connectivity index (χ1n) is 8.84. The van der Waals surface area contributed by atoms with Crippen LogP contribution in [-0.2, 0) is 6.42 Å². The summed E-state index contributed by atoms with van der Waals surface area (Å²) in [6, 6.07) is 11.5. The van der Waals surface area contributed by atoms with E-state index in [4.69, 9.17) is 9.47 Å². The molecular formula is C20H18FN3O3S. The zero-order valence-electron chi connectivity index (χ0n) is 15.1. The number of amides is 1. The van der Waals surface area contributed by atoms with E-state index in [0.717, 1.165) is 29.9 Å². The topological polar surface area (TPSA) is 73.3 Å². The lowest BCUT2D eigenvalue weighted by molar-refractivity contribution is 0.0950. The molecule has 0 radical (unpaired) electrons. The number of benzene rings is 2. The van der Waals surface area contributed by atoms with Crippen molar-refractivity contribution in [3.05, 3.63) is 65.2 Å². The number of halogens is 1. The third kappa shape index (κ3) is 4.45. The zero-order chi connectivity index (χ0) is 19.5. The highest BCUT2D eigenvalue weighted by Gasteiger charge is 2.24. The molecule has 3 aromatic rings. The molecule has 0 bridgehead atoms. The van der Waals surface area contributed by atoms with Gasteiger partial charge in [0, 0.05) is 29.6 Å². The van der Waals surface area contributed by atoms with E-state index >= 15 is 0 Å². The van der Waals surface area contributed by atoms with Crippen molar-refractivity contribution < 1.29 is 18.7 Å². The van der Waals surface area contributed by atoms with Crippen molar-refractivity contribution in [3.8, 4) is 16.7 Å². The molecular weight excluding hydrogens is 381 g/mol. The summed E-state index contributed by atoms with van der Waals surface area (Å²) in [5, 5.41) is 3.29. The molecule has 6 nitrogen and oxygen atoms in total. The van der Waals surface area contributed by atoms with E-state index in [1.807, 2.05) is 0 Å². The maximum atomic E-state index is 13.0. The zero-order valence-corrected chi connectivity index (χ0v) is 16.0. The van der Waals surface area contributed by atoms with Crippen LogP contribution in [0.4, 0.5) is 4.39 Å². The van der Waals surface area contributed by atoms with Gasteiger partial charge < -0.3 is 14.8 Å². The number of methoxy groups -OCH3 is 1. The maximum Gasteiger partial charge on any atom is 0.298 e. The highest BCUT2D eigenvalue weighted by molar-refractivity contribution is 7.07. The monoisotopic (exact) mass is 399 g/mol. The molecule has 0 spiro atoms. The Morgan fingerprint density at radius 2 is 2.00 bits per heavy atom. The molecule has 1 aromatic heterocycles. The minimum Gasteiger partial charge on any atom is -0.493 e. The van der Waals surface area contributed by atoms with E-state index in [2.05, 4.69) is 14.7 Å². The average molecular weight is 399 g/mol. The van der Waals surface area contributed by atoms with E-state index < -0.39 is 0 Å². The van der Waals surface area contributed by atoms with Crippen molar-refractivity contribution in [1.82, 2.24) is 14.7 Å². The molecule has 28 heavy (non-hydrogen) atoms. The van der Waals surface area contributed by atoms with Crippen molar-refractivity contribution in [1.29, 1.82) is 0 Å². The normalized spacial score (nSPS) is 13.2. The van der Waals surface area contributed by atoms with E-state index in [9.17, 15) is 9.18 Å². The van der Waals surface area contributed by atoms with E-state index in [1.54, 1.807) is 30.3 Å². The molecule has 8 heteroatoms. The van der Waals surface area contributed by atoms with Crippen molar-refractivity contribution in [2.45, 2.75) is 25.3 Å². The standard InChI is InChI=1S/C20H18FN3O3S/c1-26-16-9-4-13(19(25)22-15-7-8-15)11-17(16)27-20-23-18(24-28-20)10-12-2-5-14(21)6-3-12/h2-6,9,11,15H,7-8,10H2,1H3,(H,22,25). The minimum atomic E-state index is -0.281. The fraction of sp³-hybridized carbons (Fsp3) is 0.250. The molecule has 1 aliphatic carbocycles. The molecule has 0 aliphatic heterocycles. The maximum absolute atomic E-state index is 13.0. The smallest absolute Gasteiger partial charge is 0.298 e. The first kappa shape index (κ1) is 18.4. The number of nitrogens with zero attached hydrogens (tertiary/aromatic N) is 2. The second-order valence-electron chi connectivity index (χ2n) is 6.50. The molecule has 1 aliphatic rings. The van der Waals surface area contributed by atoms with Crippen molar-refractivity contribution in [3.63, 3.8) is 0 Å². The number of carbonyl (C=O) groups is 1. The Balaban J connectivity index is 1.49. The number of hydrogen-bond donors (Lipinski definition) is 1. The van der Waals surface area contributed by atoms with Gasteiger partial charge in [0.25, 0.3) is 11.1 Å². The predicted molar refractivity (Wildman–Crippen MR) is 103 cm³/mol. The van der Waals surface area contributed by atoms with Gasteiger partial charge in [-0.05, 0) is 48.7 Å². The van der Waals surface area contributed by atoms with Crippen LogP contribution in [0.1, 0.15) is 34.6 Å². The Kier molecular flexibility index (Phi) is 5.21. The Labute approximate surface area is 165 Å². The number of rotatable bonds is 7. The summed E-state index contributed by atoms with van der Waals surface area (Å²) in [6.07, 6.45) is 2.51. The van der Waals surface area contributed by atoms with Crippen LogP contribution in [0.2, 0.25) is 0 Å². The fourth-order valence-electron chi connectivity index (χ4n) is 2.62. The number of carbonyl (C=O) groups excluding carboxylic acids is 1. The highest BCUT2D eigenvalue weighted by atomic mass is 32.1. The Morgan fingerprint density at radius 1 is 1.21 bits per heavy atom. The number of aromatic nitrogens is 2. The lowest BCUT2D eigenvalue weighted by Crippen LogP contribution is -2.25.